The lowest BCUT2D eigenvalue weighted by molar-refractivity contribution is -0.274. The van der Waals surface area contributed by atoms with Crippen LogP contribution >= 0.6 is 0 Å². The molecule has 0 spiro atoms. The van der Waals surface area contributed by atoms with Crippen LogP contribution in [0.4, 0.5) is 19.0 Å². The van der Waals surface area contributed by atoms with E-state index in [-0.39, 0.29) is 29.7 Å². The highest BCUT2D eigenvalue weighted by atomic mass is 19.4. The van der Waals surface area contributed by atoms with E-state index in [9.17, 15) is 22.8 Å². The lowest BCUT2D eigenvalue weighted by atomic mass is 9.97. The fraction of sp³-hybridized carbons (Fsp3) is 0.318. The Morgan fingerprint density at radius 1 is 1.19 bits per heavy atom. The molecular weight excluding hydrogens is 411 g/mol. The molecule has 1 unspecified atom stereocenters. The number of alkyl halides is 3. The van der Waals surface area contributed by atoms with Gasteiger partial charge >= 0.3 is 6.36 Å². The van der Waals surface area contributed by atoms with Crippen molar-refractivity contribution in [3.05, 3.63) is 59.8 Å². The first-order chi connectivity index (χ1) is 14.7. The third kappa shape index (κ3) is 6.56. The second kappa shape index (κ2) is 9.63. The van der Waals surface area contributed by atoms with Crippen molar-refractivity contribution in [3.63, 3.8) is 0 Å². The van der Waals surface area contributed by atoms with E-state index in [4.69, 9.17) is 0 Å². The monoisotopic (exact) mass is 433 g/mol. The van der Waals surface area contributed by atoms with Gasteiger partial charge in [-0.2, -0.15) is 0 Å². The van der Waals surface area contributed by atoms with Crippen LogP contribution in [0.25, 0.3) is 6.08 Å². The van der Waals surface area contributed by atoms with Gasteiger partial charge in [0.05, 0.1) is 5.92 Å². The third-order valence-corrected chi connectivity index (χ3v) is 4.79. The Bertz CT molecular complexity index is 976. The number of halogens is 3. The van der Waals surface area contributed by atoms with Crippen molar-refractivity contribution in [2.24, 2.45) is 5.92 Å². The van der Waals surface area contributed by atoms with Gasteiger partial charge in [0.25, 0.3) is 0 Å². The normalized spacial score (nSPS) is 16.9. The first kappa shape index (κ1) is 22.3. The number of pyridine rings is 1. The van der Waals surface area contributed by atoms with Gasteiger partial charge < -0.3 is 15.0 Å². The van der Waals surface area contributed by atoms with Gasteiger partial charge in [-0.05, 0) is 44.0 Å². The second-order valence-electron chi connectivity index (χ2n) is 7.20. The second-order valence-corrected chi connectivity index (χ2v) is 7.20. The molecule has 1 fully saturated rings. The summed E-state index contributed by atoms with van der Waals surface area (Å²) in [5.41, 5.74) is 0.906. The molecule has 1 N–H and O–H groups in total. The number of hydrogen-bond acceptors (Lipinski definition) is 4. The summed E-state index contributed by atoms with van der Waals surface area (Å²) in [7, 11) is 0. The number of ether oxygens (including phenoxy) is 1. The van der Waals surface area contributed by atoms with Crippen molar-refractivity contribution in [1.29, 1.82) is 0 Å². The molecular formula is C22H22F3N3O3. The van der Waals surface area contributed by atoms with Gasteiger partial charge in [-0.25, -0.2) is 4.98 Å². The van der Waals surface area contributed by atoms with E-state index in [0.717, 1.165) is 5.69 Å². The summed E-state index contributed by atoms with van der Waals surface area (Å²) in [5.74, 6) is -0.930. The number of likely N-dealkylation sites (tertiary alicyclic amines) is 1. The molecule has 1 aromatic carbocycles. The molecule has 2 heterocycles. The van der Waals surface area contributed by atoms with Crippen LogP contribution in [0.3, 0.4) is 0 Å². The van der Waals surface area contributed by atoms with Crippen molar-refractivity contribution >= 4 is 23.7 Å². The van der Waals surface area contributed by atoms with Crippen LogP contribution < -0.4 is 10.1 Å². The van der Waals surface area contributed by atoms with Crippen molar-refractivity contribution in [2.75, 3.05) is 18.4 Å². The summed E-state index contributed by atoms with van der Waals surface area (Å²) in [6, 6.07) is 10.9. The molecule has 6 nitrogen and oxygen atoms in total. The fourth-order valence-electron chi connectivity index (χ4n) is 3.33. The lowest BCUT2D eigenvalue weighted by Crippen LogP contribution is -2.43. The van der Waals surface area contributed by atoms with Gasteiger partial charge in [0.15, 0.2) is 0 Å². The number of para-hydroxylation sites is 1. The molecule has 164 valence electrons. The summed E-state index contributed by atoms with van der Waals surface area (Å²) in [4.78, 5) is 30.9. The standard InChI is InChI=1S/C22H22F3N3O3/c1-15-6-4-10-19(26-15)27-21(30)17-8-5-13-28(14-17)20(29)12-11-16-7-2-3-9-18(16)31-22(23,24)25/h2-4,6-7,9-12,17H,5,8,13-14H2,1H3,(H,26,27,30). The SMILES string of the molecule is Cc1cccc(NC(=O)C2CCCN(C(=O)C=Cc3ccccc3OC(F)(F)F)C2)n1. The zero-order chi connectivity index (χ0) is 22.4. The number of nitrogens with zero attached hydrogens (tertiary/aromatic N) is 2. The Balaban J connectivity index is 1.63. The summed E-state index contributed by atoms with van der Waals surface area (Å²) < 4.78 is 41.6. The molecule has 2 aromatic rings. The number of aromatic nitrogens is 1. The summed E-state index contributed by atoms with van der Waals surface area (Å²) in [5, 5.41) is 2.77. The number of hydrogen-bond donors (Lipinski definition) is 1. The lowest BCUT2D eigenvalue weighted by Gasteiger charge is -2.31. The number of carbonyl (C=O) groups excluding carboxylic acids is 2. The van der Waals surface area contributed by atoms with Crippen LogP contribution in [0.2, 0.25) is 0 Å². The van der Waals surface area contributed by atoms with Crippen molar-refractivity contribution < 1.29 is 27.5 Å². The molecule has 1 aromatic heterocycles. The van der Waals surface area contributed by atoms with E-state index in [1.54, 1.807) is 18.2 Å². The number of amides is 2. The molecule has 3 rings (SSSR count). The topological polar surface area (TPSA) is 71.5 Å². The minimum Gasteiger partial charge on any atom is -0.405 e. The van der Waals surface area contributed by atoms with Crippen LogP contribution in [0, 0.1) is 12.8 Å². The number of benzene rings is 1. The molecule has 1 aliphatic heterocycles. The number of nitrogens with one attached hydrogen (secondary N) is 1. The molecule has 31 heavy (non-hydrogen) atoms. The van der Waals surface area contributed by atoms with Crippen molar-refractivity contribution in [1.82, 2.24) is 9.88 Å². The zero-order valence-electron chi connectivity index (χ0n) is 16.9. The fourth-order valence-corrected chi connectivity index (χ4v) is 3.33. The van der Waals surface area contributed by atoms with E-state index in [1.165, 1.54) is 35.3 Å². The van der Waals surface area contributed by atoms with Crippen LogP contribution in [0.15, 0.2) is 48.5 Å². The highest BCUT2D eigenvalue weighted by Gasteiger charge is 2.32. The van der Waals surface area contributed by atoms with Crippen LogP contribution in [0.1, 0.15) is 24.1 Å². The Kier molecular flexibility index (Phi) is 6.94. The summed E-state index contributed by atoms with van der Waals surface area (Å²) >= 11 is 0. The maximum absolute atomic E-state index is 12.6. The van der Waals surface area contributed by atoms with Crippen LogP contribution in [0.5, 0.6) is 5.75 Å². The van der Waals surface area contributed by atoms with E-state index < -0.39 is 12.3 Å². The smallest absolute Gasteiger partial charge is 0.405 e. The number of rotatable bonds is 5. The molecule has 0 aliphatic carbocycles. The largest absolute Gasteiger partial charge is 0.573 e. The Hall–Kier alpha value is -3.36. The molecule has 1 atom stereocenters. The number of carbonyl (C=O) groups is 2. The van der Waals surface area contributed by atoms with E-state index in [2.05, 4.69) is 15.0 Å². The molecule has 9 heteroatoms. The minimum absolute atomic E-state index is 0.130. The predicted molar refractivity (Wildman–Crippen MR) is 109 cm³/mol. The van der Waals surface area contributed by atoms with Gasteiger partial charge in [0, 0.05) is 30.4 Å². The summed E-state index contributed by atoms with van der Waals surface area (Å²) in [6.45, 7) is 2.51. The van der Waals surface area contributed by atoms with Crippen molar-refractivity contribution in [2.45, 2.75) is 26.1 Å². The van der Waals surface area contributed by atoms with Gasteiger partial charge in [0.2, 0.25) is 11.8 Å². The highest BCUT2D eigenvalue weighted by Crippen LogP contribution is 2.27. The van der Waals surface area contributed by atoms with Gasteiger partial charge in [0.1, 0.15) is 11.6 Å². The van der Waals surface area contributed by atoms with Gasteiger partial charge in [-0.3, -0.25) is 9.59 Å². The molecule has 2 amide bonds. The molecule has 0 saturated carbocycles. The first-order valence-corrected chi connectivity index (χ1v) is 9.77. The van der Waals surface area contributed by atoms with Crippen LogP contribution in [-0.4, -0.2) is 41.2 Å². The van der Waals surface area contributed by atoms with Crippen LogP contribution in [-0.2, 0) is 9.59 Å². The third-order valence-electron chi connectivity index (χ3n) is 4.79. The average Bonchev–Trinajstić information content (AvgIpc) is 2.72. The van der Waals surface area contributed by atoms with Gasteiger partial charge in [-0.15, -0.1) is 13.2 Å². The van der Waals surface area contributed by atoms with E-state index >= 15 is 0 Å². The first-order valence-electron chi connectivity index (χ1n) is 9.77. The number of aryl methyl sites for hydroxylation is 1. The maximum Gasteiger partial charge on any atom is 0.573 e. The Labute approximate surface area is 177 Å². The number of anilines is 1. The average molecular weight is 433 g/mol. The molecule has 1 saturated heterocycles. The summed E-state index contributed by atoms with van der Waals surface area (Å²) in [6.07, 6.45) is -1.07. The Morgan fingerprint density at radius 3 is 2.71 bits per heavy atom. The highest BCUT2D eigenvalue weighted by molar-refractivity contribution is 5.94. The zero-order valence-corrected chi connectivity index (χ0v) is 16.9. The maximum atomic E-state index is 12.6. The van der Waals surface area contributed by atoms with Gasteiger partial charge in [-0.1, -0.05) is 24.3 Å². The number of piperidine rings is 1. The Morgan fingerprint density at radius 2 is 1.97 bits per heavy atom. The van der Waals surface area contributed by atoms with E-state index in [0.29, 0.717) is 25.2 Å². The van der Waals surface area contributed by atoms with E-state index in [1.807, 2.05) is 13.0 Å². The molecule has 0 bridgehead atoms. The predicted octanol–water partition coefficient (Wildman–Crippen LogP) is 4.18. The molecule has 0 radical (unpaired) electrons. The quantitative estimate of drug-likeness (QED) is 0.719. The van der Waals surface area contributed by atoms with Crippen molar-refractivity contribution in [3.8, 4) is 5.75 Å². The minimum atomic E-state index is -4.83. The molecule has 1 aliphatic rings.